The van der Waals surface area contributed by atoms with E-state index in [9.17, 15) is 10.1 Å². The molecule has 0 bridgehead atoms. The molecule has 4 heterocycles. The number of carbonyl (C=O) groups excluding carboxylic acids is 1. The van der Waals surface area contributed by atoms with E-state index in [1.807, 2.05) is 30.4 Å². The number of fused-ring (bicyclic) bond motifs is 2. The number of hydrogen-bond acceptors (Lipinski definition) is 9. The van der Waals surface area contributed by atoms with Gasteiger partial charge in [0.05, 0.1) is 30.2 Å². The van der Waals surface area contributed by atoms with E-state index in [0.29, 0.717) is 23.6 Å². The number of allylic oxidation sites excluding steroid dienone is 3. The molecule has 3 aliphatic rings. The number of ether oxygens (including phenoxy) is 4. The molecule has 5 rings (SSSR count). The van der Waals surface area contributed by atoms with Gasteiger partial charge < -0.3 is 24.7 Å². The molecule has 10 nitrogen and oxygen atoms in total. The van der Waals surface area contributed by atoms with Gasteiger partial charge in [-0.3, -0.25) is 4.79 Å². The second-order valence-corrected chi connectivity index (χ2v) is 8.71. The van der Waals surface area contributed by atoms with Crippen LogP contribution in [0.15, 0.2) is 42.8 Å². The summed E-state index contributed by atoms with van der Waals surface area (Å²) < 4.78 is 25.2. The van der Waals surface area contributed by atoms with E-state index in [4.69, 9.17) is 24.7 Å². The first kappa shape index (κ1) is 21.6. The Hall–Kier alpha value is -3.26. The topological polar surface area (TPSA) is 134 Å². The summed E-state index contributed by atoms with van der Waals surface area (Å²) >= 11 is 0. The summed E-state index contributed by atoms with van der Waals surface area (Å²) in [5, 5.41) is 14.7. The maximum Gasteiger partial charge on any atom is 0.308 e. The third-order valence-electron chi connectivity index (χ3n) is 6.37. The Morgan fingerprint density at radius 3 is 3.03 bits per heavy atom. The van der Waals surface area contributed by atoms with E-state index < -0.39 is 29.8 Å². The van der Waals surface area contributed by atoms with Gasteiger partial charge in [0.15, 0.2) is 12.1 Å². The van der Waals surface area contributed by atoms with Crippen LogP contribution in [-0.4, -0.2) is 58.4 Å². The Bertz CT molecular complexity index is 1170. The summed E-state index contributed by atoms with van der Waals surface area (Å²) in [6.07, 6.45) is 6.98. The molecule has 6 atom stereocenters. The standard InChI is InChI=1S/C23H25N5O5/c1-13(2)21(29)31-9-16-19-17(10-30-16)32-22(33-19)14-5-3-4-8-23(14,11-24)18-7-6-15-20(25)26-12-27-28(15)18/h3-8,12-14,16-17,19,22H,9-10H2,1-2H3,(H2,25,26,27)/t14?,16-,17-,19-,22?,23-/m1/s1. The summed E-state index contributed by atoms with van der Waals surface area (Å²) in [7, 11) is 0. The Kier molecular flexibility index (Phi) is 5.40. The fourth-order valence-corrected chi connectivity index (χ4v) is 4.59. The molecule has 2 aromatic rings. The predicted octanol–water partition coefficient (Wildman–Crippen LogP) is 1.52. The number of nitrogen functional groups attached to an aromatic ring is 1. The molecule has 1 aliphatic carbocycles. The first-order valence-electron chi connectivity index (χ1n) is 10.9. The van der Waals surface area contributed by atoms with E-state index in [1.54, 1.807) is 24.4 Å². The van der Waals surface area contributed by atoms with Crippen molar-refractivity contribution in [2.45, 2.75) is 43.9 Å². The molecule has 2 saturated heterocycles. The van der Waals surface area contributed by atoms with Gasteiger partial charge in [0.1, 0.15) is 42.2 Å². The smallest absolute Gasteiger partial charge is 0.308 e. The second-order valence-electron chi connectivity index (χ2n) is 8.71. The van der Waals surface area contributed by atoms with Crippen LogP contribution in [0.1, 0.15) is 19.5 Å². The Labute approximate surface area is 190 Å². The first-order chi connectivity index (χ1) is 15.9. The number of anilines is 1. The molecule has 0 amide bonds. The van der Waals surface area contributed by atoms with Crippen molar-refractivity contribution < 1.29 is 23.7 Å². The van der Waals surface area contributed by atoms with E-state index >= 15 is 0 Å². The normalized spacial score (nSPS) is 32.8. The number of carbonyl (C=O) groups is 1. The highest BCUT2D eigenvalue weighted by Gasteiger charge is 2.54. The zero-order valence-electron chi connectivity index (χ0n) is 18.3. The highest BCUT2D eigenvalue weighted by molar-refractivity contribution is 5.71. The average molecular weight is 451 g/mol. The minimum Gasteiger partial charge on any atom is -0.463 e. The van der Waals surface area contributed by atoms with Gasteiger partial charge in [-0.25, -0.2) is 9.50 Å². The lowest BCUT2D eigenvalue weighted by atomic mass is 9.71. The Morgan fingerprint density at radius 1 is 1.39 bits per heavy atom. The Balaban J connectivity index is 1.41. The number of nitrogens with two attached hydrogens (primary N) is 1. The van der Waals surface area contributed by atoms with Crippen LogP contribution >= 0.6 is 0 Å². The van der Waals surface area contributed by atoms with Gasteiger partial charge in [0.25, 0.3) is 0 Å². The predicted molar refractivity (Wildman–Crippen MR) is 116 cm³/mol. The van der Waals surface area contributed by atoms with Crippen LogP contribution in [0.4, 0.5) is 5.82 Å². The number of aromatic nitrogens is 3. The molecule has 2 fully saturated rings. The fourth-order valence-electron chi connectivity index (χ4n) is 4.59. The number of hydrogen-bond donors (Lipinski definition) is 1. The molecule has 0 spiro atoms. The zero-order chi connectivity index (χ0) is 23.2. The fraction of sp³-hybridized carbons (Fsp3) is 0.478. The van der Waals surface area contributed by atoms with Crippen molar-refractivity contribution in [1.29, 1.82) is 5.26 Å². The van der Waals surface area contributed by atoms with Crippen LogP contribution < -0.4 is 5.73 Å². The van der Waals surface area contributed by atoms with Crippen molar-refractivity contribution >= 4 is 17.3 Å². The van der Waals surface area contributed by atoms with Gasteiger partial charge in [-0.2, -0.15) is 10.4 Å². The van der Waals surface area contributed by atoms with E-state index in [0.717, 1.165) is 0 Å². The zero-order valence-corrected chi connectivity index (χ0v) is 18.3. The van der Waals surface area contributed by atoms with Crippen molar-refractivity contribution in [3.8, 4) is 6.07 Å². The molecule has 2 N–H and O–H groups in total. The molecule has 10 heteroatoms. The van der Waals surface area contributed by atoms with Crippen LogP contribution in [0.2, 0.25) is 0 Å². The van der Waals surface area contributed by atoms with E-state index in [1.165, 1.54) is 6.33 Å². The summed E-state index contributed by atoms with van der Waals surface area (Å²) in [6, 6.07) is 6.09. The van der Waals surface area contributed by atoms with Crippen molar-refractivity contribution in [1.82, 2.24) is 14.6 Å². The van der Waals surface area contributed by atoms with E-state index in [-0.39, 0.29) is 24.6 Å². The quantitative estimate of drug-likeness (QED) is 0.672. The van der Waals surface area contributed by atoms with Crippen LogP contribution in [-0.2, 0) is 29.2 Å². The Morgan fingerprint density at radius 2 is 2.24 bits per heavy atom. The average Bonchev–Trinajstić information content (AvgIpc) is 3.52. The largest absolute Gasteiger partial charge is 0.463 e. The minimum absolute atomic E-state index is 0.0948. The van der Waals surface area contributed by atoms with Gasteiger partial charge in [0, 0.05) is 0 Å². The molecule has 0 saturated carbocycles. The van der Waals surface area contributed by atoms with Crippen molar-refractivity contribution in [2.24, 2.45) is 11.8 Å². The van der Waals surface area contributed by atoms with Crippen molar-refractivity contribution in [3.63, 3.8) is 0 Å². The molecule has 0 aromatic carbocycles. The van der Waals surface area contributed by atoms with Gasteiger partial charge in [0.2, 0.25) is 0 Å². The number of rotatable bonds is 5. The van der Waals surface area contributed by atoms with E-state index in [2.05, 4.69) is 16.2 Å². The van der Waals surface area contributed by atoms with Crippen LogP contribution in [0, 0.1) is 23.2 Å². The molecule has 33 heavy (non-hydrogen) atoms. The van der Waals surface area contributed by atoms with Crippen molar-refractivity contribution in [3.05, 3.63) is 48.5 Å². The van der Waals surface area contributed by atoms with Crippen LogP contribution in [0.3, 0.4) is 0 Å². The third-order valence-corrected chi connectivity index (χ3v) is 6.37. The van der Waals surface area contributed by atoms with Crippen LogP contribution in [0.5, 0.6) is 0 Å². The summed E-state index contributed by atoms with van der Waals surface area (Å²) in [4.78, 5) is 15.9. The molecule has 2 aromatic heterocycles. The van der Waals surface area contributed by atoms with Gasteiger partial charge in [-0.15, -0.1) is 0 Å². The maximum atomic E-state index is 11.9. The lowest BCUT2D eigenvalue weighted by molar-refractivity contribution is -0.160. The molecular formula is C23H25N5O5. The number of nitriles is 1. The van der Waals surface area contributed by atoms with Gasteiger partial charge in [-0.1, -0.05) is 38.2 Å². The second kappa shape index (κ2) is 8.26. The highest BCUT2D eigenvalue weighted by Crippen LogP contribution is 2.44. The van der Waals surface area contributed by atoms with Gasteiger partial charge >= 0.3 is 5.97 Å². The molecule has 0 radical (unpaired) electrons. The summed E-state index contributed by atoms with van der Waals surface area (Å²) in [5.41, 5.74) is 6.16. The SMILES string of the molecule is CC(C)C(=O)OC[C@H]1OC[C@H]2OC(C3C=CC=C[C@]3(C#N)c3ccc4c(N)ncnn34)O[C@H]12. The lowest BCUT2D eigenvalue weighted by Gasteiger charge is -2.35. The number of nitrogens with zero attached hydrogens (tertiary/aromatic N) is 4. The maximum absolute atomic E-state index is 11.9. The minimum atomic E-state index is -1.11. The lowest BCUT2D eigenvalue weighted by Crippen LogP contribution is -2.42. The molecular weight excluding hydrogens is 426 g/mol. The summed E-state index contributed by atoms with van der Waals surface area (Å²) in [6.45, 7) is 3.98. The number of esters is 1. The molecule has 2 aliphatic heterocycles. The van der Waals surface area contributed by atoms with Crippen molar-refractivity contribution in [2.75, 3.05) is 18.9 Å². The highest BCUT2D eigenvalue weighted by atomic mass is 16.8. The van der Waals surface area contributed by atoms with Crippen LogP contribution in [0.25, 0.3) is 5.52 Å². The molecule has 172 valence electrons. The third kappa shape index (κ3) is 3.49. The molecule has 2 unspecified atom stereocenters. The summed E-state index contributed by atoms with van der Waals surface area (Å²) in [5.74, 6) is -0.634. The first-order valence-corrected chi connectivity index (χ1v) is 10.9. The monoisotopic (exact) mass is 451 g/mol. The van der Waals surface area contributed by atoms with Gasteiger partial charge in [-0.05, 0) is 12.1 Å².